The summed E-state index contributed by atoms with van der Waals surface area (Å²) in [7, 11) is 0. The van der Waals surface area contributed by atoms with E-state index in [0.717, 1.165) is 43.5 Å². The largest absolute Gasteiger partial charge is 0.397 e. The first kappa shape index (κ1) is 12.7. The molecule has 0 spiro atoms. The first-order valence-corrected chi connectivity index (χ1v) is 6.87. The fourth-order valence-electron chi connectivity index (χ4n) is 2.56. The summed E-state index contributed by atoms with van der Waals surface area (Å²) >= 11 is 0. The van der Waals surface area contributed by atoms with Gasteiger partial charge in [-0.2, -0.15) is 0 Å². The van der Waals surface area contributed by atoms with Crippen molar-refractivity contribution in [3.8, 4) is 0 Å². The van der Waals surface area contributed by atoms with Gasteiger partial charge in [-0.3, -0.25) is 0 Å². The minimum Gasteiger partial charge on any atom is -0.397 e. The molecule has 0 amide bonds. The maximum absolute atomic E-state index is 6.12. The zero-order valence-electron chi connectivity index (χ0n) is 11.7. The average Bonchev–Trinajstić information content (AvgIpc) is 2.48. The lowest BCUT2D eigenvalue weighted by Gasteiger charge is -2.36. The molecule has 2 heterocycles. The van der Waals surface area contributed by atoms with E-state index in [1.807, 2.05) is 12.1 Å². The topological polar surface area (TPSA) is 58.3 Å². The van der Waals surface area contributed by atoms with Gasteiger partial charge in [-0.05, 0) is 30.7 Å². The van der Waals surface area contributed by atoms with Gasteiger partial charge in [0.1, 0.15) is 0 Å². The number of piperazine rings is 1. The lowest BCUT2D eigenvalue weighted by atomic mass is 10.1. The third-order valence-corrected chi connectivity index (χ3v) is 3.64. The van der Waals surface area contributed by atoms with Crippen LogP contribution in [-0.4, -0.2) is 36.1 Å². The minimum absolute atomic E-state index is 0.809. The lowest BCUT2D eigenvalue weighted by Crippen LogP contribution is -2.47. The number of nitrogens with zero attached hydrogens (tertiary/aromatic N) is 4. The Morgan fingerprint density at radius 1 is 1.00 bits per heavy atom. The van der Waals surface area contributed by atoms with Gasteiger partial charge in [0.25, 0.3) is 0 Å². The molecule has 1 aromatic heterocycles. The van der Waals surface area contributed by atoms with Crippen LogP contribution >= 0.6 is 0 Å². The van der Waals surface area contributed by atoms with Gasteiger partial charge < -0.3 is 15.5 Å². The molecule has 0 atom stereocenters. The van der Waals surface area contributed by atoms with Crippen molar-refractivity contribution in [2.45, 2.75) is 6.92 Å². The Labute approximate surface area is 119 Å². The van der Waals surface area contributed by atoms with Gasteiger partial charge >= 0.3 is 0 Å². The molecule has 0 bridgehead atoms. The highest BCUT2D eigenvalue weighted by molar-refractivity contribution is 5.68. The van der Waals surface area contributed by atoms with Crippen LogP contribution in [0.4, 0.5) is 17.3 Å². The summed E-state index contributed by atoms with van der Waals surface area (Å²) in [5.41, 5.74) is 9.30. The second-order valence-electron chi connectivity index (χ2n) is 5.09. The molecule has 1 aromatic carbocycles. The summed E-state index contributed by atoms with van der Waals surface area (Å²) in [6.07, 6.45) is 3.57. The average molecular weight is 269 g/mol. The van der Waals surface area contributed by atoms with E-state index in [4.69, 9.17) is 5.73 Å². The summed E-state index contributed by atoms with van der Waals surface area (Å²) < 4.78 is 0. The van der Waals surface area contributed by atoms with Crippen molar-refractivity contribution in [3.05, 3.63) is 42.2 Å². The van der Waals surface area contributed by atoms with Gasteiger partial charge in [0, 0.05) is 38.6 Å². The molecule has 0 radical (unpaired) electrons. The highest BCUT2D eigenvalue weighted by atomic mass is 15.3. The fourth-order valence-corrected chi connectivity index (χ4v) is 2.56. The van der Waals surface area contributed by atoms with Crippen LogP contribution in [0.15, 0.2) is 36.7 Å². The zero-order chi connectivity index (χ0) is 13.9. The van der Waals surface area contributed by atoms with Crippen LogP contribution in [0.3, 0.4) is 0 Å². The molecule has 1 saturated heterocycles. The van der Waals surface area contributed by atoms with E-state index in [0.29, 0.717) is 0 Å². The van der Waals surface area contributed by atoms with Crippen molar-refractivity contribution < 1.29 is 0 Å². The van der Waals surface area contributed by atoms with Crippen LogP contribution in [0.1, 0.15) is 5.56 Å². The van der Waals surface area contributed by atoms with E-state index < -0.39 is 0 Å². The van der Waals surface area contributed by atoms with E-state index in [-0.39, 0.29) is 0 Å². The molecule has 2 N–H and O–H groups in total. The van der Waals surface area contributed by atoms with Gasteiger partial charge in [-0.1, -0.05) is 6.07 Å². The molecule has 20 heavy (non-hydrogen) atoms. The van der Waals surface area contributed by atoms with Crippen molar-refractivity contribution >= 4 is 17.3 Å². The lowest BCUT2D eigenvalue weighted by molar-refractivity contribution is 0.640. The molecule has 1 aliphatic rings. The molecule has 0 unspecified atom stereocenters. The van der Waals surface area contributed by atoms with E-state index in [9.17, 15) is 0 Å². The van der Waals surface area contributed by atoms with E-state index in [1.165, 1.54) is 5.56 Å². The summed E-state index contributed by atoms with van der Waals surface area (Å²) in [4.78, 5) is 13.1. The van der Waals surface area contributed by atoms with Gasteiger partial charge in [0.2, 0.25) is 5.95 Å². The Kier molecular flexibility index (Phi) is 3.41. The Bertz CT molecular complexity index is 576. The number of aryl methyl sites for hydroxylation is 1. The Balaban J connectivity index is 1.69. The monoisotopic (exact) mass is 269 g/mol. The number of hydrogen-bond acceptors (Lipinski definition) is 5. The third kappa shape index (κ3) is 2.52. The van der Waals surface area contributed by atoms with Crippen LogP contribution in [0.5, 0.6) is 0 Å². The summed E-state index contributed by atoms with van der Waals surface area (Å²) in [5.74, 6) is 0.809. The number of anilines is 3. The van der Waals surface area contributed by atoms with Gasteiger partial charge in [0.15, 0.2) is 0 Å². The van der Waals surface area contributed by atoms with Crippen LogP contribution in [-0.2, 0) is 0 Å². The molecule has 3 rings (SSSR count). The highest BCUT2D eigenvalue weighted by Gasteiger charge is 2.20. The SMILES string of the molecule is Cc1ccc(N2CCN(c3ncccn3)CC2)c(N)c1. The van der Waals surface area contributed by atoms with Gasteiger partial charge in [-0.25, -0.2) is 9.97 Å². The second-order valence-corrected chi connectivity index (χ2v) is 5.09. The zero-order valence-corrected chi connectivity index (χ0v) is 11.7. The number of nitrogens with two attached hydrogens (primary N) is 1. The van der Waals surface area contributed by atoms with Crippen LogP contribution < -0.4 is 15.5 Å². The van der Waals surface area contributed by atoms with Crippen molar-refractivity contribution in [2.24, 2.45) is 0 Å². The van der Waals surface area contributed by atoms with Crippen LogP contribution in [0, 0.1) is 6.92 Å². The van der Waals surface area contributed by atoms with Crippen LogP contribution in [0.2, 0.25) is 0 Å². The van der Waals surface area contributed by atoms with Crippen molar-refractivity contribution in [1.29, 1.82) is 0 Å². The van der Waals surface area contributed by atoms with Gasteiger partial charge in [0.05, 0.1) is 11.4 Å². The molecule has 2 aromatic rings. The maximum atomic E-state index is 6.12. The Morgan fingerprint density at radius 2 is 1.65 bits per heavy atom. The molecule has 0 aliphatic carbocycles. The molecule has 5 heteroatoms. The molecule has 1 aliphatic heterocycles. The maximum Gasteiger partial charge on any atom is 0.225 e. The Morgan fingerprint density at radius 3 is 2.30 bits per heavy atom. The van der Waals surface area contributed by atoms with Crippen molar-refractivity contribution in [3.63, 3.8) is 0 Å². The number of aromatic nitrogens is 2. The highest BCUT2D eigenvalue weighted by Crippen LogP contribution is 2.25. The molecule has 0 saturated carbocycles. The number of benzene rings is 1. The van der Waals surface area contributed by atoms with E-state index in [1.54, 1.807) is 12.4 Å². The summed E-state index contributed by atoms with van der Waals surface area (Å²) in [6.45, 7) is 5.76. The van der Waals surface area contributed by atoms with Crippen LogP contribution in [0.25, 0.3) is 0 Å². The van der Waals surface area contributed by atoms with Crippen molar-refractivity contribution in [1.82, 2.24) is 9.97 Å². The summed E-state index contributed by atoms with van der Waals surface area (Å²) in [6, 6.07) is 8.09. The predicted molar refractivity (Wildman–Crippen MR) is 82.0 cm³/mol. The standard InChI is InChI=1S/C15H19N5/c1-12-3-4-14(13(16)11-12)19-7-9-20(10-8-19)15-17-5-2-6-18-15/h2-6,11H,7-10,16H2,1H3. The fraction of sp³-hybridized carbons (Fsp3) is 0.333. The number of hydrogen-bond donors (Lipinski definition) is 1. The normalized spacial score (nSPS) is 15.4. The van der Waals surface area contributed by atoms with E-state index >= 15 is 0 Å². The molecule has 104 valence electrons. The predicted octanol–water partition coefficient (Wildman–Crippen LogP) is 1.69. The number of rotatable bonds is 2. The number of nitrogen functional groups attached to an aromatic ring is 1. The smallest absolute Gasteiger partial charge is 0.225 e. The van der Waals surface area contributed by atoms with E-state index in [2.05, 4.69) is 38.8 Å². The molecular weight excluding hydrogens is 250 g/mol. The Hall–Kier alpha value is -2.30. The van der Waals surface area contributed by atoms with Crippen molar-refractivity contribution in [2.75, 3.05) is 41.7 Å². The first-order valence-electron chi connectivity index (χ1n) is 6.87. The quantitative estimate of drug-likeness (QED) is 0.841. The van der Waals surface area contributed by atoms with Gasteiger partial charge in [-0.15, -0.1) is 0 Å². The molecule has 1 fully saturated rings. The second kappa shape index (κ2) is 5.36. The third-order valence-electron chi connectivity index (χ3n) is 3.64. The first-order chi connectivity index (χ1) is 9.74. The molecular formula is C15H19N5. The summed E-state index contributed by atoms with van der Waals surface area (Å²) in [5, 5.41) is 0. The molecule has 5 nitrogen and oxygen atoms in total. The minimum atomic E-state index is 0.809.